The number of carbonyl (C=O) groups is 2. The third-order valence-corrected chi connectivity index (χ3v) is 5.06. The number of hydrogen-bond donors (Lipinski definition) is 2. The fourth-order valence-electron chi connectivity index (χ4n) is 3.93. The molecule has 1 aromatic rings. The SMILES string of the molecule is COc1cc(NC(=O)CN2CC3CC(C2)N3CC(=O)NC(C)(C)C)ccc1F. The van der Waals surface area contributed by atoms with Gasteiger partial charge in [0.25, 0.3) is 0 Å². The minimum atomic E-state index is -0.466. The molecular formula is C20H29FN4O3. The van der Waals surface area contributed by atoms with Crippen LogP contribution in [0, 0.1) is 5.82 Å². The van der Waals surface area contributed by atoms with Crippen LogP contribution in [-0.4, -0.2) is 72.5 Å². The molecule has 0 aromatic heterocycles. The van der Waals surface area contributed by atoms with Crippen LogP contribution in [0.2, 0.25) is 0 Å². The number of ether oxygens (including phenoxy) is 1. The van der Waals surface area contributed by atoms with Crippen LogP contribution >= 0.6 is 0 Å². The molecule has 4 rings (SSSR count). The fraction of sp³-hybridized carbons (Fsp3) is 0.600. The number of nitrogens with one attached hydrogen (secondary N) is 2. The number of halogens is 1. The smallest absolute Gasteiger partial charge is 0.238 e. The number of carbonyl (C=O) groups excluding carboxylic acids is 2. The molecule has 2 bridgehead atoms. The second-order valence-electron chi connectivity index (χ2n) is 8.61. The molecule has 1 aromatic carbocycles. The van der Waals surface area contributed by atoms with Crippen molar-refractivity contribution >= 4 is 17.5 Å². The maximum absolute atomic E-state index is 13.5. The molecule has 2 amide bonds. The topological polar surface area (TPSA) is 73.9 Å². The molecule has 3 aliphatic rings. The summed E-state index contributed by atoms with van der Waals surface area (Å²) in [5.74, 6) is -0.473. The van der Waals surface area contributed by atoms with Crippen LogP contribution < -0.4 is 15.4 Å². The molecule has 0 radical (unpaired) electrons. The number of fused-ring (bicyclic) bond motifs is 2. The van der Waals surface area contributed by atoms with Crippen molar-refractivity contribution in [2.24, 2.45) is 0 Å². The number of hydrogen-bond acceptors (Lipinski definition) is 5. The molecule has 3 fully saturated rings. The molecule has 0 spiro atoms. The van der Waals surface area contributed by atoms with Crippen LogP contribution in [-0.2, 0) is 9.59 Å². The van der Waals surface area contributed by atoms with E-state index in [9.17, 15) is 14.0 Å². The maximum atomic E-state index is 13.5. The lowest BCUT2D eigenvalue weighted by molar-refractivity contribution is -0.134. The van der Waals surface area contributed by atoms with E-state index in [1.54, 1.807) is 0 Å². The van der Waals surface area contributed by atoms with Gasteiger partial charge in [0.1, 0.15) is 0 Å². The number of nitrogens with zero attached hydrogens (tertiary/aromatic N) is 2. The first kappa shape index (κ1) is 20.5. The van der Waals surface area contributed by atoms with Crippen LogP contribution in [0.25, 0.3) is 0 Å². The Labute approximate surface area is 165 Å². The highest BCUT2D eigenvalue weighted by Crippen LogP contribution is 2.31. The van der Waals surface area contributed by atoms with Crippen molar-refractivity contribution < 1.29 is 18.7 Å². The van der Waals surface area contributed by atoms with Crippen molar-refractivity contribution in [3.05, 3.63) is 24.0 Å². The van der Waals surface area contributed by atoms with E-state index < -0.39 is 5.82 Å². The minimum Gasteiger partial charge on any atom is -0.494 e. The van der Waals surface area contributed by atoms with Gasteiger partial charge in [0.2, 0.25) is 11.8 Å². The number of benzene rings is 1. The Hall–Kier alpha value is -2.19. The van der Waals surface area contributed by atoms with Gasteiger partial charge in [0.15, 0.2) is 11.6 Å². The van der Waals surface area contributed by atoms with Gasteiger partial charge in [-0.1, -0.05) is 0 Å². The summed E-state index contributed by atoms with van der Waals surface area (Å²) in [7, 11) is 1.39. The van der Waals surface area contributed by atoms with E-state index in [1.165, 1.54) is 25.3 Å². The molecule has 8 heteroatoms. The quantitative estimate of drug-likeness (QED) is 0.767. The third-order valence-electron chi connectivity index (χ3n) is 5.06. The summed E-state index contributed by atoms with van der Waals surface area (Å²) in [4.78, 5) is 28.8. The Morgan fingerprint density at radius 2 is 1.86 bits per heavy atom. The fourth-order valence-corrected chi connectivity index (χ4v) is 3.93. The lowest BCUT2D eigenvalue weighted by Crippen LogP contribution is -2.70. The molecule has 28 heavy (non-hydrogen) atoms. The van der Waals surface area contributed by atoms with Gasteiger partial charge >= 0.3 is 0 Å². The summed E-state index contributed by atoms with van der Waals surface area (Å²) < 4.78 is 18.4. The molecule has 2 unspecified atom stereocenters. The number of methoxy groups -OCH3 is 1. The van der Waals surface area contributed by atoms with Gasteiger partial charge in [-0.25, -0.2) is 4.39 Å². The van der Waals surface area contributed by atoms with Crippen molar-refractivity contribution in [1.82, 2.24) is 15.1 Å². The molecule has 154 valence electrons. The van der Waals surface area contributed by atoms with Crippen LogP contribution in [0.15, 0.2) is 18.2 Å². The molecule has 3 saturated heterocycles. The first-order chi connectivity index (χ1) is 13.1. The first-order valence-electron chi connectivity index (χ1n) is 9.57. The zero-order valence-corrected chi connectivity index (χ0v) is 16.9. The molecule has 2 N–H and O–H groups in total. The molecule has 0 saturated carbocycles. The molecule has 0 aliphatic carbocycles. The Morgan fingerprint density at radius 1 is 1.18 bits per heavy atom. The Balaban J connectivity index is 1.47. The van der Waals surface area contributed by atoms with E-state index in [1.807, 2.05) is 20.8 Å². The molecule has 7 nitrogen and oxygen atoms in total. The average Bonchev–Trinajstić information content (AvgIpc) is 2.60. The summed E-state index contributed by atoms with van der Waals surface area (Å²) in [5, 5.41) is 5.78. The standard InChI is InChI=1S/C20H29FN4O3/c1-20(2,3)23-19(27)12-25-14-8-15(25)10-24(9-14)11-18(26)22-13-5-6-16(21)17(7-13)28-4/h5-7,14-15H,8-12H2,1-4H3,(H,22,26)(H,23,27). The minimum absolute atomic E-state index is 0.0404. The molecule has 3 aliphatic heterocycles. The van der Waals surface area contributed by atoms with Crippen molar-refractivity contribution in [2.75, 3.05) is 38.6 Å². The summed E-state index contributed by atoms with van der Waals surface area (Å²) in [5.41, 5.74) is 0.274. The van der Waals surface area contributed by atoms with Crippen molar-refractivity contribution in [3.8, 4) is 5.75 Å². The van der Waals surface area contributed by atoms with Crippen LogP contribution in [0.3, 0.4) is 0 Å². The zero-order chi connectivity index (χ0) is 20.5. The number of piperazine rings is 1. The highest BCUT2D eigenvalue weighted by atomic mass is 19.1. The van der Waals surface area contributed by atoms with E-state index in [0.29, 0.717) is 24.3 Å². The third kappa shape index (κ3) is 4.99. The number of rotatable bonds is 6. The predicted molar refractivity (Wildman–Crippen MR) is 105 cm³/mol. The molecular weight excluding hydrogens is 363 g/mol. The normalized spacial score (nSPS) is 22.3. The van der Waals surface area contributed by atoms with Crippen LogP contribution in [0.4, 0.5) is 10.1 Å². The van der Waals surface area contributed by atoms with Gasteiger partial charge < -0.3 is 15.4 Å². The van der Waals surface area contributed by atoms with Gasteiger partial charge in [0.05, 0.1) is 20.2 Å². The zero-order valence-electron chi connectivity index (χ0n) is 16.9. The maximum Gasteiger partial charge on any atom is 0.238 e. The van der Waals surface area contributed by atoms with Gasteiger partial charge in [-0.2, -0.15) is 0 Å². The number of anilines is 1. The Kier molecular flexibility index (Phi) is 5.90. The second kappa shape index (κ2) is 8.05. The summed E-state index contributed by atoms with van der Waals surface area (Å²) in [6.07, 6.45) is 1.07. The van der Waals surface area contributed by atoms with E-state index in [4.69, 9.17) is 4.74 Å². The number of piperidine rings is 1. The van der Waals surface area contributed by atoms with E-state index in [0.717, 1.165) is 19.5 Å². The first-order valence-corrected chi connectivity index (χ1v) is 9.57. The van der Waals surface area contributed by atoms with E-state index in [-0.39, 0.29) is 29.6 Å². The van der Waals surface area contributed by atoms with E-state index >= 15 is 0 Å². The highest BCUT2D eigenvalue weighted by Gasteiger charge is 2.45. The predicted octanol–water partition coefficient (Wildman–Crippen LogP) is 1.45. The number of amides is 2. The van der Waals surface area contributed by atoms with Gasteiger partial charge in [-0.15, -0.1) is 0 Å². The van der Waals surface area contributed by atoms with Crippen molar-refractivity contribution in [2.45, 2.75) is 44.8 Å². The van der Waals surface area contributed by atoms with E-state index in [2.05, 4.69) is 20.4 Å². The van der Waals surface area contributed by atoms with Crippen molar-refractivity contribution in [3.63, 3.8) is 0 Å². The van der Waals surface area contributed by atoms with Crippen LogP contribution in [0.1, 0.15) is 27.2 Å². The summed E-state index contributed by atoms with van der Waals surface area (Å²) in [6, 6.07) is 4.87. The largest absolute Gasteiger partial charge is 0.494 e. The van der Waals surface area contributed by atoms with Gasteiger partial charge in [0, 0.05) is 42.5 Å². The monoisotopic (exact) mass is 392 g/mol. The van der Waals surface area contributed by atoms with Crippen molar-refractivity contribution in [1.29, 1.82) is 0 Å². The van der Waals surface area contributed by atoms with Gasteiger partial charge in [-0.05, 0) is 39.3 Å². The average molecular weight is 392 g/mol. The Morgan fingerprint density at radius 3 is 2.46 bits per heavy atom. The second-order valence-corrected chi connectivity index (χ2v) is 8.61. The van der Waals surface area contributed by atoms with Crippen LogP contribution in [0.5, 0.6) is 5.75 Å². The molecule has 3 heterocycles. The van der Waals surface area contributed by atoms with Gasteiger partial charge in [-0.3, -0.25) is 19.4 Å². The summed E-state index contributed by atoms with van der Waals surface area (Å²) >= 11 is 0. The molecule has 2 atom stereocenters. The Bertz CT molecular complexity index is 737. The lowest BCUT2D eigenvalue weighted by atomic mass is 9.87. The summed E-state index contributed by atoms with van der Waals surface area (Å²) in [6.45, 7) is 8.12. The lowest BCUT2D eigenvalue weighted by Gasteiger charge is -2.56. The highest BCUT2D eigenvalue weighted by molar-refractivity contribution is 5.92.